The number of rotatable bonds is 3. The smallest absolute Gasteiger partial charge is 0.255 e. The highest BCUT2D eigenvalue weighted by Crippen LogP contribution is 2.43. The minimum absolute atomic E-state index is 0.133. The monoisotopic (exact) mass is 379 g/mol. The Hall–Kier alpha value is -2.73. The molecule has 2 N–H and O–H groups in total. The van der Waals surface area contributed by atoms with Gasteiger partial charge < -0.3 is 10.6 Å². The van der Waals surface area contributed by atoms with Crippen molar-refractivity contribution < 1.29 is 9.59 Å². The summed E-state index contributed by atoms with van der Waals surface area (Å²) in [5, 5.41) is 8.22. The van der Waals surface area contributed by atoms with E-state index >= 15 is 0 Å². The third-order valence-corrected chi connectivity index (χ3v) is 5.92. The lowest BCUT2D eigenvalue weighted by atomic mass is 9.77. The maximum atomic E-state index is 13.2. The standard InChI is InChI=1S/C21H21N3O2S/c1-12-6-3-10-17(22-12)24-21(26)18-13(2)23-14-7-4-8-15(25)19(14)20(18)16-9-5-11-27-16/h3,5-6,9-11,20,23H,4,7-8H2,1-2H3,(H,22,24,26)/t20-/m0/s1. The number of thiophene rings is 1. The molecule has 1 aliphatic carbocycles. The van der Waals surface area contributed by atoms with Crippen LogP contribution in [0.5, 0.6) is 0 Å². The van der Waals surface area contributed by atoms with E-state index in [9.17, 15) is 9.59 Å². The first-order valence-corrected chi connectivity index (χ1v) is 9.95. The first-order chi connectivity index (χ1) is 13.0. The van der Waals surface area contributed by atoms with Crippen molar-refractivity contribution >= 4 is 28.8 Å². The molecule has 1 aliphatic heterocycles. The predicted molar refractivity (Wildman–Crippen MR) is 106 cm³/mol. The number of aromatic nitrogens is 1. The van der Waals surface area contributed by atoms with Crippen molar-refractivity contribution in [2.24, 2.45) is 0 Å². The van der Waals surface area contributed by atoms with Crippen molar-refractivity contribution in [3.05, 3.63) is 68.8 Å². The Morgan fingerprint density at radius 2 is 2.07 bits per heavy atom. The second kappa shape index (κ2) is 7.12. The number of carbonyl (C=O) groups excluding carboxylic acids is 2. The molecule has 5 nitrogen and oxygen atoms in total. The number of nitrogens with zero attached hydrogens (tertiary/aromatic N) is 1. The Kier molecular flexibility index (Phi) is 4.66. The summed E-state index contributed by atoms with van der Waals surface area (Å²) in [5.74, 6) is 0.105. The zero-order chi connectivity index (χ0) is 19.0. The van der Waals surface area contributed by atoms with Crippen LogP contribution in [-0.4, -0.2) is 16.7 Å². The summed E-state index contributed by atoms with van der Waals surface area (Å²) < 4.78 is 0. The molecule has 0 spiro atoms. The Morgan fingerprint density at radius 1 is 1.22 bits per heavy atom. The molecule has 4 rings (SSSR count). The number of dihydropyridines is 1. The first-order valence-electron chi connectivity index (χ1n) is 9.07. The second-order valence-electron chi connectivity index (χ2n) is 6.90. The predicted octanol–water partition coefficient (Wildman–Crippen LogP) is 4.06. The number of hydrogen-bond donors (Lipinski definition) is 2. The number of carbonyl (C=O) groups is 2. The topological polar surface area (TPSA) is 71.1 Å². The Balaban J connectivity index is 1.75. The molecule has 27 heavy (non-hydrogen) atoms. The summed E-state index contributed by atoms with van der Waals surface area (Å²) in [5.41, 5.74) is 3.94. The van der Waals surface area contributed by atoms with Gasteiger partial charge in [0.2, 0.25) is 0 Å². The molecule has 3 heterocycles. The highest BCUT2D eigenvalue weighted by atomic mass is 32.1. The number of amides is 1. The largest absolute Gasteiger partial charge is 0.362 e. The van der Waals surface area contributed by atoms with Crippen LogP contribution in [0.15, 0.2) is 58.3 Å². The average Bonchev–Trinajstić information content (AvgIpc) is 3.15. The third-order valence-electron chi connectivity index (χ3n) is 4.98. The van der Waals surface area contributed by atoms with Gasteiger partial charge in [0.05, 0.1) is 5.92 Å². The van der Waals surface area contributed by atoms with Crippen molar-refractivity contribution in [2.75, 3.05) is 5.32 Å². The number of pyridine rings is 1. The van der Waals surface area contributed by atoms with Crippen LogP contribution in [0.25, 0.3) is 0 Å². The summed E-state index contributed by atoms with van der Waals surface area (Å²) in [4.78, 5) is 31.3. The van der Waals surface area contributed by atoms with Gasteiger partial charge in [0.1, 0.15) is 5.82 Å². The quantitative estimate of drug-likeness (QED) is 0.844. The van der Waals surface area contributed by atoms with E-state index in [-0.39, 0.29) is 17.6 Å². The maximum absolute atomic E-state index is 13.2. The van der Waals surface area contributed by atoms with E-state index in [2.05, 4.69) is 15.6 Å². The molecular weight excluding hydrogens is 358 g/mol. The Bertz CT molecular complexity index is 973. The van der Waals surface area contributed by atoms with Crippen LogP contribution >= 0.6 is 11.3 Å². The summed E-state index contributed by atoms with van der Waals surface area (Å²) >= 11 is 1.58. The van der Waals surface area contributed by atoms with Gasteiger partial charge in [-0.15, -0.1) is 11.3 Å². The molecule has 0 saturated carbocycles. The molecule has 0 saturated heterocycles. The van der Waals surface area contributed by atoms with Crippen LogP contribution in [0.1, 0.15) is 42.7 Å². The van der Waals surface area contributed by atoms with Crippen LogP contribution in [-0.2, 0) is 9.59 Å². The zero-order valence-corrected chi connectivity index (χ0v) is 16.2. The number of anilines is 1. The van der Waals surface area contributed by atoms with Crippen molar-refractivity contribution in [3.63, 3.8) is 0 Å². The highest BCUT2D eigenvalue weighted by molar-refractivity contribution is 7.10. The molecule has 138 valence electrons. The number of nitrogens with one attached hydrogen (secondary N) is 2. The van der Waals surface area contributed by atoms with Crippen molar-refractivity contribution in [2.45, 2.75) is 39.0 Å². The van der Waals surface area contributed by atoms with Gasteiger partial charge in [-0.2, -0.15) is 0 Å². The van der Waals surface area contributed by atoms with Crippen LogP contribution in [0.2, 0.25) is 0 Å². The van der Waals surface area contributed by atoms with Crippen molar-refractivity contribution in [3.8, 4) is 0 Å². The number of ketones is 1. The van der Waals surface area contributed by atoms with E-state index < -0.39 is 0 Å². The second-order valence-corrected chi connectivity index (χ2v) is 7.88. The zero-order valence-electron chi connectivity index (χ0n) is 15.3. The summed E-state index contributed by atoms with van der Waals surface area (Å²) in [6.07, 6.45) is 2.23. The lowest BCUT2D eigenvalue weighted by Gasteiger charge is -2.33. The minimum Gasteiger partial charge on any atom is -0.362 e. The lowest BCUT2D eigenvalue weighted by Crippen LogP contribution is -2.35. The number of hydrogen-bond acceptors (Lipinski definition) is 5. The van der Waals surface area contributed by atoms with Gasteiger partial charge >= 0.3 is 0 Å². The molecular formula is C21H21N3O2S. The maximum Gasteiger partial charge on any atom is 0.255 e. The SMILES string of the molecule is CC1=C(C(=O)Nc2cccc(C)n2)[C@H](c2cccs2)C2=C(CCCC2=O)N1. The normalized spacial score (nSPS) is 19.6. The van der Waals surface area contributed by atoms with Crippen LogP contribution in [0, 0.1) is 6.92 Å². The fourth-order valence-electron chi connectivity index (χ4n) is 3.82. The van der Waals surface area contributed by atoms with Gasteiger partial charge in [-0.3, -0.25) is 9.59 Å². The molecule has 1 amide bonds. The summed E-state index contributed by atoms with van der Waals surface area (Å²) in [7, 11) is 0. The molecule has 1 atom stereocenters. The molecule has 0 aromatic carbocycles. The van der Waals surface area contributed by atoms with Gasteiger partial charge in [0.15, 0.2) is 5.78 Å². The van der Waals surface area contributed by atoms with Crippen molar-refractivity contribution in [1.29, 1.82) is 0 Å². The average molecular weight is 379 g/mol. The number of aryl methyl sites for hydroxylation is 1. The molecule has 0 radical (unpaired) electrons. The van der Waals surface area contributed by atoms with Crippen molar-refractivity contribution in [1.82, 2.24) is 10.3 Å². The van der Waals surface area contributed by atoms with E-state index in [4.69, 9.17) is 0 Å². The van der Waals surface area contributed by atoms with E-state index in [1.165, 1.54) is 0 Å². The Morgan fingerprint density at radius 3 is 2.81 bits per heavy atom. The van der Waals surface area contributed by atoms with Crippen LogP contribution in [0.3, 0.4) is 0 Å². The van der Waals surface area contributed by atoms with E-state index in [1.807, 2.05) is 43.5 Å². The van der Waals surface area contributed by atoms with E-state index in [0.29, 0.717) is 17.8 Å². The lowest BCUT2D eigenvalue weighted by molar-refractivity contribution is -0.116. The molecule has 0 bridgehead atoms. The third kappa shape index (κ3) is 3.32. The first kappa shape index (κ1) is 17.7. The van der Waals surface area contributed by atoms with E-state index in [0.717, 1.165) is 40.4 Å². The number of allylic oxidation sites excluding steroid dienone is 3. The molecule has 2 aliphatic rings. The Labute approximate surface area is 162 Å². The fourth-order valence-corrected chi connectivity index (χ4v) is 4.66. The summed E-state index contributed by atoms with van der Waals surface area (Å²) in [6.45, 7) is 3.79. The molecule has 6 heteroatoms. The summed E-state index contributed by atoms with van der Waals surface area (Å²) in [6, 6.07) is 9.48. The van der Waals surface area contributed by atoms with Gasteiger partial charge in [0, 0.05) is 39.5 Å². The van der Waals surface area contributed by atoms with Gasteiger partial charge in [0.25, 0.3) is 5.91 Å². The highest BCUT2D eigenvalue weighted by Gasteiger charge is 2.38. The van der Waals surface area contributed by atoms with Crippen LogP contribution in [0.4, 0.5) is 5.82 Å². The van der Waals surface area contributed by atoms with E-state index in [1.54, 1.807) is 17.4 Å². The molecule has 2 aromatic heterocycles. The van der Waals surface area contributed by atoms with Gasteiger partial charge in [-0.05, 0) is 50.3 Å². The molecule has 2 aromatic rings. The molecule has 0 fully saturated rings. The van der Waals surface area contributed by atoms with Gasteiger partial charge in [-0.25, -0.2) is 4.98 Å². The minimum atomic E-state index is -0.321. The number of Topliss-reactive ketones (excluding diaryl/α,β-unsaturated/α-hetero) is 1. The van der Waals surface area contributed by atoms with Crippen LogP contribution < -0.4 is 10.6 Å². The van der Waals surface area contributed by atoms with Gasteiger partial charge in [-0.1, -0.05) is 12.1 Å². The fraction of sp³-hybridized carbons (Fsp3) is 0.286. The molecule has 0 unspecified atom stereocenters.